The minimum atomic E-state index is -0.199. The molecule has 0 aliphatic rings. The number of hydrogen-bond donors (Lipinski definition) is 1. The van der Waals surface area contributed by atoms with Crippen LogP contribution in [0.1, 0.15) is 0 Å². The number of aldehydes is 1. The van der Waals surface area contributed by atoms with Gasteiger partial charge in [0.2, 0.25) is 0 Å². The largest absolute Gasteiger partial charge is 0.513 e. The Morgan fingerprint density at radius 1 is 1.12 bits per heavy atom. The Bertz CT molecular complexity index is 770. The van der Waals surface area contributed by atoms with E-state index in [-0.39, 0.29) is 5.70 Å². The average Bonchev–Trinajstić information content (AvgIpc) is 2.59. The van der Waals surface area contributed by atoms with E-state index in [9.17, 15) is 4.79 Å². The van der Waals surface area contributed by atoms with Crippen LogP contribution in [-0.4, -0.2) is 17.6 Å². The zero-order chi connectivity index (χ0) is 17.5. The van der Waals surface area contributed by atoms with Gasteiger partial charge < -0.3 is 5.11 Å². The van der Waals surface area contributed by atoms with Gasteiger partial charge in [0, 0.05) is 14.7 Å². The molecule has 2 aromatic rings. The molecule has 0 radical (unpaired) electrons. The smallest absolute Gasteiger partial charge is 0.173 e. The van der Waals surface area contributed by atoms with Crippen molar-refractivity contribution in [2.24, 2.45) is 10.2 Å². The lowest BCUT2D eigenvalue weighted by atomic mass is 10.3. The maximum Gasteiger partial charge on any atom is 0.173 e. The molecule has 0 fully saturated rings. The van der Waals surface area contributed by atoms with Crippen LogP contribution in [0.5, 0.6) is 0 Å². The number of aliphatic hydroxyl groups excluding tert-OH is 1. The van der Waals surface area contributed by atoms with E-state index < -0.39 is 0 Å². The van der Waals surface area contributed by atoms with Gasteiger partial charge in [0.1, 0.15) is 6.26 Å². The normalized spacial score (nSPS) is 11.9. The molecule has 2 rings (SSSR count). The lowest BCUT2D eigenvalue weighted by Crippen LogP contribution is -1.81. The van der Waals surface area contributed by atoms with Crippen molar-refractivity contribution < 1.29 is 9.90 Å². The third-order valence-corrected chi connectivity index (χ3v) is 5.51. The van der Waals surface area contributed by atoms with Crippen molar-refractivity contribution in [3.05, 3.63) is 58.4 Å². The lowest BCUT2D eigenvalue weighted by Gasteiger charge is -2.08. The molecule has 0 heterocycles. The summed E-state index contributed by atoms with van der Waals surface area (Å²) in [7, 11) is 0. The van der Waals surface area contributed by atoms with E-state index in [0.717, 1.165) is 4.90 Å². The molecule has 0 saturated carbocycles. The monoisotopic (exact) mass is 398 g/mol. The van der Waals surface area contributed by atoms with E-state index in [4.69, 9.17) is 28.3 Å². The zero-order valence-electron chi connectivity index (χ0n) is 12.4. The van der Waals surface area contributed by atoms with Gasteiger partial charge >= 0.3 is 0 Å². The summed E-state index contributed by atoms with van der Waals surface area (Å²) in [6.45, 7) is 0. The summed E-state index contributed by atoms with van der Waals surface area (Å²) in [6, 6.07) is 11.2. The predicted molar refractivity (Wildman–Crippen MR) is 100 cm³/mol. The van der Waals surface area contributed by atoms with Crippen LogP contribution in [0.2, 0.25) is 10.0 Å². The minimum Gasteiger partial charge on any atom is -0.513 e. The Morgan fingerprint density at radius 2 is 1.71 bits per heavy atom. The summed E-state index contributed by atoms with van der Waals surface area (Å²) < 4.78 is 0. The molecule has 0 aliphatic heterocycles. The fourth-order valence-corrected chi connectivity index (χ4v) is 3.59. The van der Waals surface area contributed by atoms with E-state index >= 15 is 0 Å². The molecule has 24 heavy (non-hydrogen) atoms. The molecular formula is C16H12Cl2N2O2S2. The molecule has 0 amide bonds. The molecule has 8 heteroatoms. The number of nitrogens with zero attached hydrogens (tertiary/aromatic N) is 2. The highest BCUT2D eigenvalue weighted by Crippen LogP contribution is 2.41. The number of carbonyl (C=O) groups excluding carboxylic acids is 1. The van der Waals surface area contributed by atoms with Gasteiger partial charge in [-0.15, -0.1) is 16.9 Å². The van der Waals surface area contributed by atoms with E-state index in [1.165, 1.54) is 16.7 Å². The van der Waals surface area contributed by atoms with Gasteiger partial charge in [-0.2, -0.15) is 5.11 Å². The number of rotatable bonds is 6. The Kier molecular flexibility index (Phi) is 7.17. The van der Waals surface area contributed by atoms with Gasteiger partial charge in [-0.25, -0.2) is 0 Å². The highest BCUT2D eigenvalue weighted by molar-refractivity contribution is 7.99. The average molecular weight is 399 g/mol. The Labute approximate surface area is 158 Å². The topological polar surface area (TPSA) is 62.0 Å². The second-order valence-corrected chi connectivity index (χ2v) is 7.17. The highest BCUT2D eigenvalue weighted by atomic mass is 35.5. The third kappa shape index (κ3) is 5.01. The van der Waals surface area contributed by atoms with Crippen molar-refractivity contribution in [3.63, 3.8) is 0 Å². The van der Waals surface area contributed by atoms with Gasteiger partial charge in [0.15, 0.2) is 12.0 Å². The molecule has 124 valence electrons. The van der Waals surface area contributed by atoms with Crippen molar-refractivity contribution in [2.45, 2.75) is 14.7 Å². The summed E-state index contributed by atoms with van der Waals surface area (Å²) in [4.78, 5) is 13.5. The molecule has 0 spiro atoms. The van der Waals surface area contributed by atoms with Crippen LogP contribution < -0.4 is 0 Å². The molecule has 2 aromatic carbocycles. The van der Waals surface area contributed by atoms with Gasteiger partial charge in [-0.1, -0.05) is 35.0 Å². The predicted octanol–water partition coefficient (Wildman–Crippen LogP) is 6.55. The van der Waals surface area contributed by atoms with Crippen LogP contribution in [0.4, 0.5) is 5.69 Å². The van der Waals surface area contributed by atoms with Crippen molar-refractivity contribution in [1.82, 2.24) is 0 Å². The fraction of sp³-hybridized carbons (Fsp3) is 0.0625. The number of aliphatic hydroxyl groups is 1. The van der Waals surface area contributed by atoms with E-state index in [1.807, 2.05) is 30.5 Å². The van der Waals surface area contributed by atoms with Crippen LogP contribution in [0.3, 0.4) is 0 Å². The standard InChI is InChI=1S/C16H12Cl2N2O2S2/c1-23-12-2-4-13(5-3-12)24-16-14(17)6-10(7-15(16)18)19-20-11(8-21)9-22/h2-9,21H,1H3. The first-order valence-electron chi connectivity index (χ1n) is 6.59. The van der Waals surface area contributed by atoms with Crippen molar-refractivity contribution in [3.8, 4) is 0 Å². The van der Waals surface area contributed by atoms with Gasteiger partial charge in [0.05, 0.1) is 15.7 Å². The van der Waals surface area contributed by atoms with E-state index in [1.54, 1.807) is 23.9 Å². The molecule has 0 atom stereocenters. The SMILES string of the molecule is CSc1ccc(Sc2c(Cl)cc(N=NC(C=O)=CO)cc2Cl)cc1. The van der Waals surface area contributed by atoms with Crippen LogP contribution >= 0.6 is 46.7 Å². The van der Waals surface area contributed by atoms with Crippen molar-refractivity contribution >= 4 is 58.7 Å². The van der Waals surface area contributed by atoms with Crippen LogP contribution in [0.15, 0.2) is 73.3 Å². The summed E-state index contributed by atoms with van der Waals surface area (Å²) in [6.07, 6.45) is 2.97. The van der Waals surface area contributed by atoms with Crippen LogP contribution in [0.25, 0.3) is 0 Å². The number of benzene rings is 2. The second-order valence-electron chi connectivity index (χ2n) is 4.39. The Balaban J connectivity index is 2.24. The number of azo groups is 1. The Hall–Kier alpha value is -1.47. The minimum absolute atomic E-state index is 0.199. The van der Waals surface area contributed by atoms with Crippen molar-refractivity contribution in [1.29, 1.82) is 0 Å². The number of carbonyl (C=O) groups is 1. The fourth-order valence-electron chi connectivity index (χ4n) is 1.66. The second kappa shape index (κ2) is 9.13. The maximum absolute atomic E-state index is 10.6. The first kappa shape index (κ1) is 18.9. The molecule has 0 aromatic heterocycles. The molecule has 0 aliphatic carbocycles. The van der Waals surface area contributed by atoms with E-state index in [2.05, 4.69) is 10.2 Å². The first-order chi connectivity index (χ1) is 11.6. The molecule has 0 bridgehead atoms. The molecular weight excluding hydrogens is 387 g/mol. The first-order valence-corrected chi connectivity index (χ1v) is 9.39. The van der Waals surface area contributed by atoms with E-state index in [0.29, 0.717) is 33.2 Å². The zero-order valence-corrected chi connectivity index (χ0v) is 15.6. The quantitative estimate of drug-likeness (QED) is 0.197. The summed E-state index contributed by atoms with van der Waals surface area (Å²) in [5.41, 5.74) is 0.183. The van der Waals surface area contributed by atoms with Gasteiger partial charge in [0.25, 0.3) is 0 Å². The number of halogens is 2. The molecule has 4 nitrogen and oxygen atoms in total. The molecule has 0 saturated heterocycles. The maximum atomic E-state index is 10.6. The summed E-state index contributed by atoms with van der Waals surface area (Å²) >= 11 is 15.7. The summed E-state index contributed by atoms with van der Waals surface area (Å²) in [5, 5.41) is 17.0. The van der Waals surface area contributed by atoms with Crippen LogP contribution in [0, 0.1) is 0 Å². The number of allylic oxidation sites excluding steroid dienone is 1. The highest BCUT2D eigenvalue weighted by Gasteiger charge is 2.10. The lowest BCUT2D eigenvalue weighted by molar-refractivity contribution is -0.105. The van der Waals surface area contributed by atoms with Gasteiger partial charge in [-0.05, 0) is 42.7 Å². The number of thioether (sulfide) groups is 1. The van der Waals surface area contributed by atoms with Gasteiger partial charge in [-0.3, -0.25) is 4.79 Å². The molecule has 1 N–H and O–H groups in total. The van der Waals surface area contributed by atoms with Crippen LogP contribution in [-0.2, 0) is 4.79 Å². The summed E-state index contributed by atoms with van der Waals surface area (Å²) in [5.74, 6) is 0. The third-order valence-electron chi connectivity index (χ3n) is 2.80. The van der Waals surface area contributed by atoms with Crippen molar-refractivity contribution in [2.75, 3.05) is 6.26 Å². The Morgan fingerprint density at radius 3 is 2.21 bits per heavy atom. The number of hydrogen-bond acceptors (Lipinski definition) is 6. The molecule has 0 unspecified atom stereocenters.